The molecule has 1 aromatic heterocycles. The first kappa shape index (κ1) is 13.5. The van der Waals surface area contributed by atoms with Gasteiger partial charge in [0.25, 0.3) is 5.91 Å². The van der Waals surface area contributed by atoms with E-state index in [9.17, 15) is 9.59 Å². The van der Waals surface area contributed by atoms with Gasteiger partial charge in [-0.1, -0.05) is 6.92 Å². The van der Waals surface area contributed by atoms with Crippen LogP contribution in [0.3, 0.4) is 0 Å². The first-order valence-corrected chi connectivity index (χ1v) is 6.42. The van der Waals surface area contributed by atoms with Crippen molar-refractivity contribution in [1.29, 1.82) is 0 Å². The van der Waals surface area contributed by atoms with Crippen LogP contribution in [0.2, 0.25) is 0 Å². The molecule has 0 aliphatic heterocycles. The van der Waals surface area contributed by atoms with E-state index in [1.165, 1.54) is 7.11 Å². The van der Waals surface area contributed by atoms with Gasteiger partial charge in [-0.25, -0.2) is 0 Å². The fraction of sp³-hybridized carbons (Fsp3) is 0.500. The summed E-state index contributed by atoms with van der Waals surface area (Å²) in [5.41, 5.74) is 0.610. The Bertz CT molecular complexity index is 457. The predicted octanol–water partition coefficient (Wildman–Crippen LogP) is 1.50. The zero-order chi connectivity index (χ0) is 13.8. The first-order chi connectivity index (χ1) is 9.13. The van der Waals surface area contributed by atoms with Gasteiger partial charge < -0.3 is 9.64 Å². The van der Waals surface area contributed by atoms with Crippen molar-refractivity contribution < 1.29 is 14.3 Å². The van der Waals surface area contributed by atoms with Crippen LogP contribution in [0.25, 0.3) is 0 Å². The van der Waals surface area contributed by atoms with Crippen LogP contribution in [-0.4, -0.2) is 41.5 Å². The maximum Gasteiger partial charge on any atom is 0.310 e. The van der Waals surface area contributed by atoms with E-state index < -0.39 is 0 Å². The maximum absolute atomic E-state index is 12.4. The van der Waals surface area contributed by atoms with Crippen LogP contribution in [-0.2, 0) is 9.53 Å². The molecule has 2 rings (SSSR count). The van der Waals surface area contributed by atoms with Crippen LogP contribution >= 0.6 is 0 Å². The number of pyridine rings is 1. The number of carbonyl (C=O) groups excluding carboxylic acids is 2. The van der Waals surface area contributed by atoms with E-state index in [4.69, 9.17) is 4.74 Å². The highest BCUT2D eigenvalue weighted by Gasteiger charge is 2.35. The topological polar surface area (TPSA) is 59.5 Å². The summed E-state index contributed by atoms with van der Waals surface area (Å²) < 4.78 is 4.71. The number of aromatic nitrogens is 1. The van der Waals surface area contributed by atoms with Crippen molar-refractivity contribution in [2.45, 2.75) is 25.8 Å². The minimum atomic E-state index is -0.309. The lowest BCUT2D eigenvalue weighted by Gasteiger charge is -2.25. The van der Waals surface area contributed by atoms with E-state index >= 15 is 0 Å². The summed E-state index contributed by atoms with van der Waals surface area (Å²) in [4.78, 5) is 29.6. The average molecular weight is 262 g/mol. The van der Waals surface area contributed by atoms with Crippen molar-refractivity contribution in [1.82, 2.24) is 9.88 Å². The van der Waals surface area contributed by atoms with E-state index in [-0.39, 0.29) is 23.8 Å². The largest absolute Gasteiger partial charge is 0.469 e. The molecule has 1 unspecified atom stereocenters. The lowest BCUT2D eigenvalue weighted by Crippen LogP contribution is -2.38. The van der Waals surface area contributed by atoms with Crippen molar-refractivity contribution in [2.75, 3.05) is 13.7 Å². The quantitative estimate of drug-likeness (QED) is 0.754. The smallest absolute Gasteiger partial charge is 0.310 e. The number of carbonyl (C=O) groups is 2. The number of nitrogens with zero attached hydrogens (tertiary/aromatic N) is 2. The molecule has 5 nitrogen and oxygen atoms in total. The number of methoxy groups -OCH3 is 1. The van der Waals surface area contributed by atoms with Crippen molar-refractivity contribution >= 4 is 11.9 Å². The lowest BCUT2D eigenvalue weighted by molar-refractivity contribution is -0.145. The fourth-order valence-corrected chi connectivity index (χ4v) is 2.02. The molecule has 1 aliphatic rings. The Hall–Kier alpha value is -1.91. The average Bonchev–Trinajstić information content (AvgIpc) is 3.28. The van der Waals surface area contributed by atoms with E-state index in [2.05, 4.69) is 4.98 Å². The summed E-state index contributed by atoms with van der Waals surface area (Å²) in [5, 5.41) is 0. The normalized spacial score (nSPS) is 15.7. The Morgan fingerprint density at radius 1 is 1.42 bits per heavy atom. The molecule has 1 amide bonds. The van der Waals surface area contributed by atoms with E-state index in [0.717, 1.165) is 12.8 Å². The summed E-state index contributed by atoms with van der Waals surface area (Å²) in [7, 11) is 1.37. The Labute approximate surface area is 112 Å². The number of esters is 1. The van der Waals surface area contributed by atoms with Gasteiger partial charge in [-0.15, -0.1) is 0 Å². The van der Waals surface area contributed by atoms with E-state index in [1.807, 2.05) is 0 Å². The minimum Gasteiger partial charge on any atom is -0.469 e. The van der Waals surface area contributed by atoms with Gasteiger partial charge in [-0.2, -0.15) is 0 Å². The summed E-state index contributed by atoms with van der Waals surface area (Å²) in [6.45, 7) is 2.18. The van der Waals surface area contributed by atoms with Gasteiger partial charge >= 0.3 is 5.97 Å². The maximum atomic E-state index is 12.4. The zero-order valence-corrected chi connectivity index (χ0v) is 11.2. The molecule has 1 aliphatic carbocycles. The summed E-state index contributed by atoms with van der Waals surface area (Å²) >= 11 is 0. The van der Waals surface area contributed by atoms with Gasteiger partial charge in [0.05, 0.1) is 13.0 Å². The molecule has 19 heavy (non-hydrogen) atoms. The zero-order valence-electron chi connectivity index (χ0n) is 11.2. The van der Waals surface area contributed by atoms with Gasteiger partial charge in [-0.05, 0) is 25.0 Å². The number of hydrogen-bond acceptors (Lipinski definition) is 4. The van der Waals surface area contributed by atoms with Crippen molar-refractivity contribution in [3.05, 3.63) is 30.1 Å². The molecular weight excluding hydrogens is 244 g/mol. The number of rotatable bonds is 5. The molecule has 0 bridgehead atoms. The second kappa shape index (κ2) is 5.82. The monoisotopic (exact) mass is 262 g/mol. The van der Waals surface area contributed by atoms with E-state index in [1.54, 1.807) is 36.4 Å². The van der Waals surface area contributed by atoms with Crippen LogP contribution in [0, 0.1) is 5.92 Å². The molecule has 0 saturated heterocycles. The van der Waals surface area contributed by atoms with Gasteiger partial charge in [0.2, 0.25) is 0 Å². The first-order valence-electron chi connectivity index (χ1n) is 6.42. The number of ether oxygens (including phenoxy) is 1. The standard InChI is InChI=1S/C14H18N2O3/c1-10(14(18)19-2)9-16(12-3-4-12)13(17)11-5-7-15-8-6-11/h5-8,10,12H,3-4,9H2,1-2H3. The Morgan fingerprint density at radius 3 is 2.58 bits per heavy atom. The number of amides is 1. The molecule has 0 aromatic carbocycles. The summed E-state index contributed by atoms with van der Waals surface area (Å²) in [6, 6.07) is 3.65. The molecule has 0 N–H and O–H groups in total. The van der Waals surface area contributed by atoms with E-state index in [0.29, 0.717) is 12.1 Å². The molecule has 102 valence electrons. The molecule has 1 aromatic rings. The molecule has 5 heteroatoms. The fourth-order valence-electron chi connectivity index (χ4n) is 2.02. The van der Waals surface area contributed by atoms with Crippen LogP contribution in [0.1, 0.15) is 30.1 Å². The highest BCUT2D eigenvalue weighted by Crippen LogP contribution is 2.29. The molecule has 0 radical (unpaired) electrons. The highest BCUT2D eigenvalue weighted by molar-refractivity contribution is 5.94. The molecule has 1 atom stereocenters. The second-order valence-electron chi connectivity index (χ2n) is 4.85. The predicted molar refractivity (Wildman–Crippen MR) is 69.5 cm³/mol. The lowest BCUT2D eigenvalue weighted by atomic mass is 10.1. The Balaban J connectivity index is 2.08. The number of hydrogen-bond donors (Lipinski definition) is 0. The molecular formula is C14H18N2O3. The minimum absolute atomic E-state index is 0.0411. The van der Waals surface area contributed by atoms with Gasteiger partial charge in [-0.3, -0.25) is 14.6 Å². The molecule has 1 saturated carbocycles. The summed E-state index contributed by atoms with van der Waals surface area (Å²) in [5.74, 6) is -0.634. The van der Waals surface area contributed by atoms with Gasteiger partial charge in [0.15, 0.2) is 0 Å². The van der Waals surface area contributed by atoms with Crippen molar-refractivity contribution in [3.63, 3.8) is 0 Å². The highest BCUT2D eigenvalue weighted by atomic mass is 16.5. The van der Waals surface area contributed by atoms with Crippen LogP contribution in [0.15, 0.2) is 24.5 Å². The summed E-state index contributed by atoms with van der Waals surface area (Å²) in [6.07, 6.45) is 5.21. The Morgan fingerprint density at radius 2 is 2.05 bits per heavy atom. The third-order valence-electron chi connectivity index (χ3n) is 3.25. The van der Waals surface area contributed by atoms with Crippen LogP contribution < -0.4 is 0 Å². The molecule has 0 spiro atoms. The van der Waals surface area contributed by atoms with Crippen LogP contribution in [0.4, 0.5) is 0 Å². The molecule has 1 heterocycles. The Kier molecular flexibility index (Phi) is 4.14. The van der Waals surface area contributed by atoms with Gasteiger partial charge in [0.1, 0.15) is 0 Å². The van der Waals surface area contributed by atoms with Crippen molar-refractivity contribution in [2.24, 2.45) is 5.92 Å². The SMILES string of the molecule is COC(=O)C(C)CN(C(=O)c1ccncc1)C1CC1. The second-order valence-corrected chi connectivity index (χ2v) is 4.85. The third-order valence-corrected chi connectivity index (χ3v) is 3.25. The van der Waals surface area contributed by atoms with Crippen LogP contribution in [0.5, 0.6) is 0 Å². The van der Waals surface area contributed by atoms with Gasteiger partial charge in [0, 0.05) is 30.5 Å². The van der Waals surface area contributed by atoms with Crippen molar-refractivity contribution in [3.8, 4) is 0 Å². The molecule has 1 fully saturated rings. The third kappa shape index (κ3) is 3.30.